The molecular weight excluding hydrogens is 216 g/mol. The number of amidine groups is 1. The van der Waals surface area contributed by atoms with E-state index in [1.807, 2.05) is 24.3 Å². The van der Waals surface area contributed by atoms with Crippen molar-refractivity contribution in [3.05, 3.63) is 29.3 Å². The highest BCUT2D eigenvalue weighted by atomic mass is 35.5. The Labute approximate surface area is 92.8 Å². The third kappa shape index (κ3) is 2.42. The van der Waals surface area contributed by atoms with Gasteiger partial charge in [-0.25, -0.2) is 0 Å². The van der Waals surface area contributed by atoms with Crippen LogP contribution < -0.4 is 5.32 Å². The molecule has 0 saturated heterocycles. The van der Waals surface area contributed by atoms with Gasteiger partial charge in [-0.3, -0.25) is 4.99 Å². The molecule has 14 heavy (non-hydrogen) atoms. The van der Waals surface area contributed by atoms with E-state index in [9.17, 15) is 0 Å². The molecule has 2 rings (SSSR count). The van der Waals surface area contributed by atoms with Gasteiger partial charge in [0.1, 0.15) is 0 Å². The van der Waals surface area contributed by atoms with Gasteiger partial charge in [0.2, 0.25) is 0 Å². The molecule has 0 aliphatic carbocycles. The summed E-state index contributed by atoms with van der Waals surface area (Å²) in [6, 6.07) is 7.67. The fraction of sp³-hybridized carbons (Fsp3) is 0.300. The molecule has 1 aromatic carbocycles. The number of aliphatic imine (C=N–C) groups is 1. The quantitative estimate of drug-likeness (QED) is 0.795. The van der Waals surface area contributed by atoms with E-state index in [1.54, 1.807) is 11.8 Å². The molecule has 2 nitrogen and oxygen atoms in total. The highest BCUT2D eigenvalue weighted by molar-refractivity contribution is 8.15. The first-order valence-electron chi connectivity index (χ1n) is 4.48. The van der Waals surface area contributed by atoms with E-state index >= 15 is 0 Å². The first kappa shape index (κ1) is 9.87. The molecule has 0 unspecified atom stereocenters. The van der Waals surface area contributed by atoms with E-state index in [1.165, 1.54) is 0 Å². The molecular formula is C10H11ClN2S. The maximum Gasteiger partial charge on any atom is 0.161 e. The fourth-order valence-electron chi connectivity index (χ4n) is 1.24. The third-order valence-corrected chi connectivity index (χ3v) is 3.12. The summed E-state index contributed by atoms with van der Waals surface area (Å²) in [6.07, 6.45) is 0. The number of thioether (sulfide) groups is 1. The molecule has 1 aliphatic rings. The van der Waals surface area contributed by atoms with Gasteiger partial charge < -0.3 is 5.32 Å². The molecule has 1 aliphatic heterocycles. The second-order valence-corrected chi connectivity index (χ2v) is 5.07. The van der Waals surface area contributed by atoms with E-state index in [-0.39, 0.29) is 0 Å². The van der Waals surface area contributed by atoms with Crippen molar-refractivity contribution in [1.29, 1.82) is 0 Å². The van der Waals surface area contributed by atoms with Crippen molar-refractivity contribution in [1.82, 2.24) is 0 Å². The first-order chi connectivity index (χ1) is 6.74. The number of rotatable bonds is 1. The third-order valence-electron chi connectivity index (χ3n) is 1.88. The number of halogens is 1. The minimum Gasteiger partial charge on any atom is -0.335 e. The van der Waals surface area contributed by atoms with Gasteiger partial charge in [-0.2, -0.15) is 0 Å². The van der Waals surface area contributed by atoms with Crippen molar-refractivity contribution in [2.75, 3.05) is 11.9 Å². The van der Waals surface area contributed by atoms with Crippen molar-refractivity contribution in [2.24, 2.45) is 4.99 Å². The second kappa shape index (κ2) is 4.24. The standard InChI is InChI=1S/C10H11ClN2S/c1-7-6-12-10(14-7)13-9-4-2-3-8(11)5-9/h2-5,7H,6H2,1H3,(H,12,13)/t7-/m0/s1. The Hall–Kier alpha value is -0.670. The Morgan fingerprint density at radius 2 is 2.43 bits per heavy atom. The molecule has 74 valence electrons. The number of hydrogen-bond acceptors (Lipinski definition) is 3. The fourth-order valence-corrected chi connectivity index (χ4v) is 2.28. The van der Waals surface area contributed by atoms with Crippen LogP contribution in [0, 0.1) is 0 Å². The molecule has 0 amide bonds. The summed E-state index contributed by atoms with van der Waals surface area (Å²) in [6.45, 7) is 3.06. The summed E-state index contributed by atoms with van der Waals surface area (Å²) in [5, 5.41) is 5.55. The maximum atomic E-state index is 5.87. The number of nitrogens with one attached hydrogen (secondary N) is 1. The van der Waals surface area contributed by atoms with Crippen LogP contribution >= 0.6 is 23.4 Å². The molecule has 0 fully saturated rings. The number of nitrogens with zero attached hydrogens (tertiary/aromatic N) is 1. The van der Waals surface area contributed by atoms with Gasteiger partial charge in [-0.15, -0.1) is 0 Å². The lowest BCUT2D eigenvalue weighted by molar-refractivity contribution is 0.976. The zero-order valence-electron chi connectivity index (χ0n) is 7.83. The first-order valence-corrected chi connectivity index (χ1v) is 5.73. The highest BCUT2D eigenvalue weighted by Gasteiger charge is 2.14. The lowest BCUT2D eigenvalue weighted by atomic mass is 10.3. The molecule has 4 heteroatoms. The van der Waals surface area contributed by atoms with Crippen molar-refractivity contribution in [3.63, 3.8) is 0 Å². The predicted octanol–water partition coefficient (Wildman–Crippen LogP) is 3.24. The van der Waals surface area contributed by atoms with Crippen LogP contribution in [-0.2, 0) is 0 Å². The monoisotopic (exact) mass is 226 g/mol. The van der Waals surface area contributed by atoms with Gasteiger partial charge in [0, 0.05) is 16.0 Å². The van der Waals surface area contributed by atoms with E-state index in [0.29, 0.717) is 5.25 Å². The Kier molecular flexibility index (Phi) is 2.99. The Balaban J connectivity index is 2.04. The van der Waals surface area contributed by atoms with E-state index < -0.39 is 0 Å². The summed E-state index contributed by atoms with van der Waals surface area (Å²) in [5.41, 5.74) is 0.998. The molecule has 1 atom stereocenters. The topological polar surface area (TPSA) is 24.4 Å². The second-order valence-electron chi connectivity index (χ2n) is 3.21. The summed E-state index contributed by atoms with van der Waals surface area (Å²) in [7, 11) is 0. The summed E-state index contributed by atoms with van der Waals surface area (Å²) in [4.78, 5) is 4.37. The normalized spacial score (nSPS) is 20.7. The van der Waals surface area contributed by atoms with Gasteiger partial charge in [-0.1, -0.05) is 36.4 Å². The molecule has 0 aromatic heterocycles. The zero-order chi connectivity index (χ0) is 9.97. The van der Waals surface area contributed by atoms with Crippen LogP contribution in [0.15, 0.2) is 29.3 Å². The van der Waals surface area contributed by atoms with Crippen LogP contribution in [0.2, 0.25) is 5.02 Å². The molecule has 0 radical (unpaired) electrons. The average molecular weight is 227 g/mol. The number of anilines is 1. The zero-order valence-corrected chi connectivity index (χ0v) is 9.40. The Morgan fingerprint density at radius 1 is 1.57 bits per heavy atom. The van der Waals surface area contributed by atoms with Crippen LogP contribution in [0.1, 0.15) is 6.92 Å². The van der Waals surface area contributed by atoms with Crippen LogP contribution in [0.3, 0.4) is 0 Å². The molecule has 1 heterocycles. The number of benzene rings is 1. The van der Waals surface area contributed by atoms with Gasteiger partial charge in [0.15, 0.2) is 5.17 Å². The lowest BCUT2D eigenvalue weighted by Crippen LogP contribution is -2.05. The summed E-state index contributed by atoms with van der Waals surface area (Å²) < 4.78 is 0. The van der Waals surface area contributed by atoms with Crippen molar-refractivity contribution in [2.45, 2.75) is 12.2 Å². The SMILES string of the molecule is C[C@H]1CN=C(Nc2cccc(Cl)c2)S1. The Morgan fingerprint density at radius 3 is 3.07 bits per heavy atom. The average Bonchev–Trinajstić information content (AvgIpc) is 2.51. The van der Waals surface area contributed by atoms with Crippen LogP contribution in [0.25, 0.3) is 0 Å². The molecule has 0 saturated carbocycles. The summed E-state index contributed by atoms with van der Waals surface area (Å²) >= 11 is 7.63. The minimum absolute atomic E-state index is 0.580. The van der Waals surface area contributed by atoms with Gasteiger partial charge in [0.05, 0.1) is 6.54 Å². The van der Waals surface area contributed by atoms with Crippen LogP contribution in [0.4, 0.5) is 5.69 Å². The van der Waals surface area contributed by atoms with Gasteiger partial charge >= 0.3 is 0 Å². The number of hydrogen-bond donors (Lipinski definition) is 1. The van der Waals surface area contributed by atoms with E-state index in [2.05, 4.69) is 17.2 Å². The molecule has 0 bridgehead atoms. The predicted molar refractivity (Wildman–Crippen MR) is 64.4 cm³/mol. The maximum absolute atomic E-state index is 5.87. The largest absolute Gasteiger partial charge is 0.335 e. The van der Waals surface area contributed by atoms with Crippen molar-refractivity contribution in [3.8, 4) is 0 Å². The van der Waals surface area contributed by atoms with E-state index in [0.717, 1.165) is 22.4 Å². The minimum atomic E-state index is 0.580. The summed E-state index contributed by atoms with van der Waals surface area (Å²) in [5.74, 6) is 0. The lowest BCUT2D eigenvalue weighted by Gasteiger charge is -2.05. The van der Waals surface area contributed by atoms with E-state index in [4.69, 9.17) is 11.6 Å². The van der Waals surface area contributed by atoms with Crippen LogP contribution in [0.5, 0.6) is 0 Å². The van der Waals surface area contributed by atoms with Crippen LogP contribution in [-0.4, -0.2) is 17.0 Å². The van der Waals surface area contributed by atoms with Gasteiger partial charge in [-0.05, 0) is 18.2 Å². The molecule has 1 aromatic rings. The molecule has 0 spiro atoms. The van der Waals surface area contributed by atoms with Crippen molar-refractivity contribution < 1.29 is 0 Å². The smallest absolute Gasteiger partial charge is 0.161 e. The Bertz CT molecular complexity index is 365. The van der Waals surface area contributed by atoms with Crippen molar-refractivity contribution >= 4 is 34.2 Å². The molecule has 1 N–H and O–H groups in total. The highest BCUT2D eigenvalue weighted by Crippen LogP contribution is 2.23. The van der Waals surface area contributed by atoms with Gasteiger partial charge in [0.25, 0.3) is 0 Å².